The number of thiazole rings is 1. The van der Waals surface area contributed by atoms with E-state index in [1.165, 1.54) is 22.4 Å². The number of nitrogens with zero attached hydrogens (tertiary/aromatic N) is 5. The molecule has 0 fully saturated rings. The first-order valence-electron chi connectivity index (χ1n) is 8.20. The quantitative estimate of drug-likeness (QED) is 0.662. The number of carbonyl (C=O) groups is 1. The molecular formula is C17H20N6O3S2. The van der Waals surface area contributed by atoms with E-state index in [0.717, 1.165) is 0 Å². The van der Waals surface area contributed by atoms with Crippen LogP contribution >= 0.6 is 11.3 Å². The zero-order chi connectivity index (χ0) is 20.3. The number of amides is 2. The fourth-order valence-corrected chi connectivity index (χ4v) is 3.75. The van der Waals surface area contributed by atoms with Gasteiger partial charge in [0.25, 0.3) is 0 Å². The Morgan fingerprint density at radius 3 is 2.75 bits per heavy atom. The first-order chi connectivity index (χ1) is 13.3. The molecule has 1 aromatic carbocycles. The van der Waals surface area contributed by atoms with Crippen molar-refractivity contribution >= 4 is 39.2 Å². The summed E-state index contributed by atoms with van der Waals surface area (Å²) in [5, 5.41) is 7.70. The maximum atomic E-state index is 12.5. The molecule has 0 spiro atoms. The monoisotopic (exact) mass is 420 g/mol. The minimum Gasteiger partial charge on any atom is -0.442 e. The average molecular weight is 421 g/mol. The second kappa shape index (κ2) is 8.50. The van der Waals surface area contributed by atoms with Crippen molar-refractivity contribution in [3.8, 4) is 10.8 Å². The van der Waals surface area contributed by atoms with Crippen LogP contribution in [-0.2, 0) is 18.0 Å². The molecule has 0 aliphatic heterocycles. The van der Waals surface area contributed by atoms with Crippen LogP contribution in [-0.4, -0.2) is 50.5 Å². The summed E-state index contributed by atoms with van der Waals surface area (Å²) in [5.74, 6) is 0.590. The molecule has 2 aromatic heterocycles. The first-order valence-corrected chi connectivity index (χ1v) is 10.1. The predicted molar refractivity (Wildman–Crippen MR) is 109 cm³/mol. The lowest BCUT2D eigenvalue weighted by Crippen LogP contribution is -2.31. The summed E-state index contributed by atoms with van der Waals surface area (Å²) in [4.78, 5) is 18.7. The van der Waals surface area contributed by atoms with Crippen molar-refractivity contribution in [3.05, 3.63) is 42.9 Å². The summed E-state index contributed by atoms with van der Waals surface area (Å²) in [6.07, 6.45) is 4.86. The number of ether oxygens (including phenoxy) is 1. The van der Waals surface area contributed by atoms with Crippen LogP contribution in [0.5, 0.6) is 10.8 Å². The second-order valence-corrected chi connectivity index (χ2v) is 8.68. The second-order valence-electron chi connectivity index (χ2n) is 5.98. The highest BCUT2D eigenvalue weighted by Gasteiger charge is 2.16. The molecule has 0 aliphatic carbocycles. The third-order valence-electron chi connectivity index (χ3n) is 3.64. The lowest BCUT2D eigenvalue weighted by Gasteiger charge is -2.18. The average Bonchev–Trinajstić information content (AvgIpc) is 3.29. The van der Waals surface area contributed by atoms with Gasteiger partial charge in [0.2, 0.25) is 5.06 Å². The Balaban J connectivity index is 1.66. The number of hydrogen-bond donors (Lipinski definition) is 1. The number of rotatable bonds is 6. The molecule has 2 heterocycles. The van der Waals surface area contributed by atoms with Crippen molar-refractivity contribution in [2.24, 2.45) is 7.05 Å². The van der Waals surface area contributed by atoms with Crippen LogP contribution in [0.25, 0.3) is 0 Å². The van der Waals surface area contributed by atoms with Crippen LogP contribution in [0, 0.1) is 0 Å². The van der Waals surface area contributed by atoms with Gasteiger partial charge in [0.05, 0.1) is 23.5 Å². The molecule has 1 atom stereocenters. The first kappa shape index (κ1) is 20.0. The van der Waals surface area contributed by atoms with Gasteiger partial charge in [-0.2, -0.15) is 5.10 Å². The van der Waals surface area contributed by atoms with Gasteiger partial charge in [0.1, 0.15) is 11.0 Å². The van der Waals surface area contributed by atoms with Gasteiger partial charge in [0.15, 0.2) is 10.9 Å². The number of nitrogens with one attached hydrogen (secondary N) is 1. The summed E-state index contributed by atoms with van der Waals surface area (Å²) in [7, 11) is 5.60. The molecule has 9 nitrogen and oxygen atoms in total. The number of anilines is 2. The van der Waals surface area contributed by atoms with Gasteiger partial charge in [-0.05, 0) is 32.3 Å². The Kier molecular flexibility index (Phi) is 6.07. The fourth-order valence-electron chi connectivity index (χ4n) is 2.24. The Morgan fingerprint density at radius 2 is 2.07 bits per heavy atom. The highest BCUT2D eigenvalue weighted by molar-refractivity contribution is 7.82. The van der Waals surface area contributed by atoms with E-state index >= 15 is 0 Å². The molecule has 1 unspecified atom stereocenters. The van der Waals surface area contributed by atoms with Gasteiger partial charge in [-0.1, -0.05) is 17.4 Å². The van der Waals surface area contributed by atoms with Crippen LogP contribution in [0.15, 0.2) is 47.8 Å². The topological polar surface area (TPSA) is 92.6 Å². The molecule has 0 saturated carbocycles. The lowest BCUT2D eigenvalue weighted by atomic mass is 10.3. The number of benzene rings is 1. The van der Waals surface area contributed by atoms with Gasteiger partial charge < -0.3 is 4.74 Å². The molecule has 0 saturated heterocycles. The van der Waals surface area contributed by atoms with Crippen molar-refractivity contribution in [3.63, 3.8) is 0 Å². The molecule has 3 rings (SSSR count). The van der Waals surface area contributed by atoms with E-state index in [9.17, 15) is 9.00 Å². The van der Waals surface area contributed by atoms with Crippen LogP contribution in [0.1, 0.15) is 0 Å². The fraction of sp³-hybridized carbons (Fsp3) is 0.235. The number of aryl methyl sites for hydroxylation is 1. The SMILES string of the molecule is CN(C(=O)Nc1ncc(Oc2cnn(C)c2)s1)c1cccc(S(=O)N(C)C)c1. The molecule has 3 aromatic rings. The maximum absolute atomic E-state index is 12.5. The zero-order valence-electron chi connectivity index (χ0n) is 15.8. The van der Waals surface area contributed by atoms with E-state index in [-0.39, 0.29) is 6.03 Å². The summed E-state index contributed by atoms with van der Waals surface area (Å²) < 4.78 is 21.1. The van der Waals surface area contributed by atoms with Crippen LogP contribution in [0.2, 0.25) is 0 Å². The van der Waals surface area contributed by atoms with Crippen molar-refractivity contribution < 1.29 is 13.7 Å². The Bertz CT molecular complexity index is 1000. The molecule has 0 bridgehead atoms. The van der Waals surface area contributed by atoms with E-state index in [1.807, 2.05) is 0 Å². The van der Waals surface area contributed by atoms with Gasteiger partial charge in [-0.3, -0.25) is 14.9 Å². The molecule has 148 valence electrons. The minimum atomic E-state index is -1.29. The lowest BCUT2D eigenvalue weighted by molar-refractivity contribution is 0.258. The molecule has 11 heteroatoms. The van der Waals surface area contributed by atoms with Gasteiger partial charge in [-0.15, -0.1) is 0 Å². The highest BCUT2D eigenvalue weighted by Crippen LogP contribution is 2.30. The van der Waals surface area contributed by atoms with Crippen molar-refractivity contribution in [2.75, 3.05) is 31.4 Å². The number of hydrogen-bond acceptors (Lipinski definition) is 6. The third kappa shape index (κ3) is 4.74. The van der Waals surface area contributed by atoms with Crippen LogP contribution in [0.3, 0.4) is 0 Å². The largest absolute Gasteiger partial charge is 0.442 e. The van der Waals surface area contributed by atoms with E-state index in [0.29, 0.717) is 26.5 Å². The molecule has 1 N–H and O–H groups in total. The van der Waals surface area contributed by atoms with E-state index < -0.39 is 11.0 Å². The minimum absolute atomic E-state index is 0.366. The maximum Gasteiger partial charge on any atom is 0.327 e. The number of carbonyl (C=O) groups excluding carboxylic acids is 1. The molecule has 0 aliphatic rings. The van der Waals surface area contributed by atoms with Crippen molar-refractivity contribution in [2.45, 2.75) is 4.90 Å². The summed E-state index contributed by atoms with van der Waals surface area (Å²) >= 11 is 1.21. The van der Waals surface area contributed by atoms with E-state index in [2.05, 4.69) is 15.4 Å². The highest BCUT2D eigenvalue weighted by atomic mass is 32.2. The van der Waals surface area contributed by atoms with Crippen LogP contribution in [0.4, 0.5) is 15.6 Å². The smallest absolute Gasteiger partial charge is 0.327 e. The van der Waals surface area contributed by atoms with E-state index in [4.69, 9.17) is 4.74 Å². The van der Waals surface area contributed by atoms with Gasteiger partial charge >= 0.3 is 6.03 Å². The Labute approximate surface area is 169 Å². The molecule has 2 amide bonds. The summed E-state index contributed by atoms with van der Waals surface area (Å²) in [6.45, 7) is 0. The van der Waals surface area contributed by atoms with Crippen molar-refractivity contribution in [1.29, 1.82) is 0 Å². The number of urea groups is 1. The normalized spacial score (nSPS) is 12.0. The third-order valence-corrected chi connectivity index (χ3v) is 5.75. The Hall–Kier alpha value is -2.76. The van der Waals surface area contributed by atoms with Crippen LogP contribution < -0.4 is 15.0 Å². The Morgan fingerprint density at radius 1 is 1.29 bits per heavy atom. The molecule has 28 heavy (non-hydrogen) atoms. The standard InChI is InChI=1S/C17H20N6O3S2/c1-21(2)28(25)14-7-5-6-12(8-14)23(4)17(24)20-16-18-10-15(27-16)26-13-9-19-22(3)11-13/h5-11H,1-4H3,(H,18,20,24). The zero-order valence-corrected chi connectivity index (χ0v) is 17.5. The summed E-state index contributed by atoms with van der Waals surface area (Å²) in [6, 6.07) is 6.64. The van der Waals surface area contributed by atoms with Gasteiger partial charge in [0, 0.05) is 19.8 Å². The van der Waals surface area contributed by atoms with Gasteiger partial charge in [-0.25, -0.2) is 18.3 Å². The summed E-state index contributed by atoms with van der Waals surface area (Å²) in [5.41, 5.74) is 0.619. The van der Waals surface area contributed by atoms with Crippen molar-refractivity contribution in [1.82, 2.24) is 19.1 Å². The predicted octanol–water partition coefficient (Wildman–Crippen LogP) is 2.92. The van der Waals surface area contributed by atoms with E-state index in [1.54, 1.807) is 73.8 Å². The molecular weight excluding hydrogens is 400 g/mol. The molecule has 0 radical (unpaired) electrons. The number of aromatic nitrogens is 3.